The van der Waals surface area contributed by atoms with Gasteiger partial charge in [0.1, 0.15) is 6.04 Å². The molecule has 1 unspecified atom stereocenters. The molecule has 3 amide bonds. The van der Waals surface area contributed by atoms with E-state index in [0.717, 1.165) is 19.3 Å². The van der Waals surface area contributed by atoms with Gasteiger partial charge in [-0.05, 0) is 25.7 Å². The fraction of sp³-hybridized carbons (Fsp3) is 0.750. The van der Waals surface area contributed by atoms with Crippen molar-refractivity contribution in [1.29, 1.82) is 0 Å². The standard InChI is InChI=1S/C12H21N3O5/c13-10(17)7-9(11(18)19)14-12(20)15(5-2-6-16)8-3-1-4-8/h8-9,16H,1-7H2,(H2,13,17)(H,14,20)(H,18,19). The van der Waals surface area contributed by atoms with Crippen molar-refractivity contribution in [2.75, 3.05) is 13.2 Å². The average molecular weight is 287 g/mol. The van der Waals surface area contributed by atoms with Gasteiger partial charge >= 0.3 is 12.0 Å². The number of nitrogens with zero attached hydrogens (tertiary/aromatic N) is 1. The molecule has 8 nitrogen and oxygen atoms in total. The van der Waals surface area contributed by atoms with Gasteiger partial charge < -0.3 is 26.2 Å². The predicted molar refractivity (Wildman–Crippen MR) is 69.8 cm³/mol. The summed E-state index contributed by atoms with van der Waals surface area (Å²) in [5.41, 5.74) is 4.96. The number of carbonyl (C=O) groups is 3. The van der Waals surface area contributed by atoms with Gasteiger partial charge in [-0.15, -0.1) is 0 Å². The van der Waals surface area contributed by atoms with Gasteiger partial charge in [-0.1, -0.05) is 0 Å². The van der Waals surface area contributed by atoms with Crippen molar-refractivity contribution < 1.29 is 24.6 Å². The number of hydrogen-bond acceptors (Lipinski definition) is 4. The number of amides is 3. The molecule has 1 aliphatic carbocycles. The maximum Gasteiger partial charge on any atom is 0.326 e. The number of aliphatic hydroxyl groups excluding tert-OH is 1. The molecule has 1 atom stereocenters. The second-order valence-electron chi connectivity index (χ2n) is 4.87. The lowest BCUT2D eigenvalue weighted by Crippen LogP contribution is -2.54. The Hall–Kier alpha value is -1.83. The van der Waals surface area contributed by atoms with Crippen LogP contribution in [0.2, 0.25) is 0 Å². The third kappa shape index (κ3) is 4.69. The minimum atomic E-state index is -1.32. The van der Waals surface area contributed by atoms with E-state index in [1.54, 1.807) is 0 Å². The van der Waals surface area contributed by atoms with E-state index in [1.807, 2.05) is 0 Å². The predicted octanol–water partition coefficient (Wildman–Crippen LogP) is -0.738. The number of carbonyl (C=O) groups excluding carboxylic acids is 2. The molecule has 0 aromatic rings. The van der Waals surface area contributed by atoms with Gasteiger partial charge in [0.15, 0.2) is 0 Å². The molecule has 1 aliphatic rings. The molecular formula is C12H21N3O5. The van der Waals surface area contributed by atoms with Crippen molar-refractivity contribution in [3.05, 3.63) is 0 Å². The fourth-order valence-electron chi connectivity index (χ4n) is 2.02. The SMILES string of the molecule is NC(=O)CC(NC(=O)N(CCCO)C1CCC1)C(=O)O. The molecule has 8 heteroatoms. The van der Waals surface area contributed by atoms with Crippen LogP contribution in [0.3, 0.4) is 0 Å². The van der Waals surface area contributed by atoms with Crippen LogP contribution in [-0.2, 0) is 9.59 Å². The van der Waals surface area contributed by atoms with E-state index in [4.69, 9.17) is 15.9 Å². The summed E-state index contributed by atoms with van der Waals surface area (Å²) in [6.45, 7) is 0.316. The molecule has 114 valence electrons. The number of rotatable bonds is 8. The largest absolute Gasteiger partial charge is 0.480 e. The summed E-state index contributed by atoms with van der Waals surface area (Å²) in [4.78, 5) is 35.4. The molecule has 5 N–H and O–H groups in total. The number of nitrogens with one attached hydrogen (secondary N) is 1. The van der Waals surface area contributed by atoms with Crippen LogP contribution in [0.4, 0.5) is 4.79 Å². The normalized spacial score (nSPS) is 16.1. The maximum absolute atomic E-state index is 12.1. The number of carboxylic acid groups (broad SMARTS) is 1. The van der Waals surface area contributed by atoms with Crippen LogP contribution in [0.25, 0.3) is 0 Å². The zero-order valence-electron chi connectivity index (χ0n) is 11.2. The summed E-state index contributed by atoms with van der Waals surface area (Å²) in [5.74, 6) is -2.09. The van der Waals surface area contributed by atoms with Crippen LogP contribution in [0.1, 0.15) is 32.1 Å². The second kappa shape index (κ2) is 7.68. The highest BCUT2D eigenvalue weighted by molar-refractivity contribution is 5.87. The lowest BCUT2D eigenvalue weighted by molar-refractivity contribution is -0.141. The van der Waals surface area contributed by atoms with E-state index in [2.05, 4.69) is 5.32 Å². The number of nitrogens with two attached hydrogens (primary N) is 1. The van der Waals surface area contributed by atoms with Gasteiger partial charge in [0, 0.05) is 19.2 Å². The summed E-state index contributed by atoms with van der Waals surface area (Å²) < 4.78 is 0. The molecule has 0 saturated heterocycles. The zero-order chi connectivity index (χ0) is 15.1. The van der Waals surface area contributed by atoms with E-state index in [-0.39, 0.29) is 12.6 Å². The third-order valence-corrected chi connectivity index (χ3v) is 3.33. The van der Waals surface area contributed by atoms with E-state index >= 15 is 0 Å². The average Bonchev–Trinajstić information content (AvgIpc) is 2.30. The number of aliphatic carboxylic acids is 1. The fourth-order valence-corrected chi connectivity index (χ4v) is 2.02. The molecule has 0 aliphatic heterocycles. The van der Waals surface area contributed by atoms with Crippen LogP contribution < -0.4 is 11.1 Å². The Morgan fingerprint density at radius 3 is 2.40 bits per heavy atom. The number of urea groups is 1. The van der Waals surface area contributed by atoms with E-state index in [1.165, 1.54) is 4.90 Å². The monoisotopic (exact) mass is 287 g/mol. The molecule has 0 bridgehead atoms. The van der Waals surface area contributed by atoms with Crippen LogP contribution >= 0.6 is 0 Å². The highest BCUT2D eigenvalue weighted by atomic mass is 16.4. The van der Waals surface area contributed by atoms with Crippen molar-refractivity contribution in [2.45, 2.75) is 44.2 Å². The number of primary amides is 1. The van der Waals surface area contributed by atoms with E-state index in [9.17, 15) is 14.4 Å². The second-order valence-corrected chi connectivity index (χ2v) is 4.87. The van der Waals surface area contributed by atoms with Crippen LogP contribution in [0, 0.1) is 0 Å². The zero-order valence-corrected chi connectivity index (χ0v) is 11.2. The van der Waals surface area contributed by atoms with Crippen LogP contribution in [0.5, 0.6) is 0 Å². The molecular weight excluding hydrogens is 266 g/mol. The van der Waals surface area contributed by atoms with E-state index in [0.29, 0.717) is 13.0 Å². The minimum Gasteiger partial charge on any atom is -0.480 e. The smallest absolute Gasteiger partial charge is 0.326 e. The molecule has 0 aromatic heterocycles. The molecule has 0 heterocycles. The van der Waals surface area contributed by atoms with E-state index < -0.39 is 30.4 Å². The summed E-state index contributed by atoms with van der Waals surface area (Å²) in [6.07, 6.45) is 2.74. The van der Waals surface area contributed by atoms with Crippen LogP contribution in [-0.4, -0.2) is 58.3 Å². The molecule has 1 fully saturated rings. The van der Waals surface area contributed by atoms with Gasteiger partial charge in [-0.2, -0.15) is 0 Å². The van der Waals surface area contributed by atoms with Crippen molar-refractivity contribution in [2.24, 2.45) is 5.73 Å². The maximum atomic E-state index is 12.1. The molecule has 0 spiro atoms. The lowest BCUT2D eigenvalue weighted by Gasteiger charge is -2.38. The van der Waals surface area contributed by atoms with Gasteiger partial charge in [0.2, 0.25) is 5.91 Å². The minimum absolute atomic E-state index is 0.0415. The molecule has 20 heavy (non-hydrogen) atoms. The van der Waals surface area contributed by atoms with Gasteiger partial charge in [0.05, 0.1) is 6.42 Å². The van der Waals surface area contributed by atoms with Crippen molar-refractivity contribution in [3.63, 3.8) is 0 Å². The van der Waals surface area contributed by atoms with Crippen molar-refractivity contribution in [1.82, 2.24) is 10.2 Å². The van der Waals surface area contributed by atoms with Crippen LogP contribution in [0.15, 0.2) is 0 Å². The quantitative estimate of drug-likeness (QED) is 0.466. The molecule has 1 saturated carbocycles. The number of hydrogen-bond donors (Lipinski definition) is 4. The Bertz CT molecular complexity index is 370. The van der Waals surface area contributed by atoms with Gasteiger partial charge in [0.25, 0.3) is 0 Å². The summed E-state index contributed by atoms with van der Waals surface area (Å²) in [7, 11) is 0. The van der Waals surface area contributed by atoms with Gasteiger partial charge in [-0.3, -0.25) is 4.79 Å². The topological polar surface area (TPSA) is 133 Å². The number of aliphatic hydroxyl groups is 1. The molecule has 0 radical (unpaired) electrons. The third-order valence-electron chi connectivity index (χ3n) is 3.33. The Morgan fingerprint density at radius 2 is 2.00 bits per heavy atom. The highest BCUT2D eigenvalue weighted by Crippen LogP contribution is 2.25. The summed E-state index contributed by atoms with van der Waals surface area (Å²) in [6, 6.07) is -1.78. The van der Waals surface area contributed by atoms with Gasteiger partial charge in [-0.25, -0.2) is 9.59 Å². The Morgan fingerprint density at radius 1 is 1.35 bits per heavy atom. The Balaban J connectivity index is 2.62. The first-order valence-corrected chi connectivity index (χ1v) is 6.64. The van der Waals surface area contributed by atoms with Crippen molar-refractivity contribution >= 4 is 17.9 Å². The molecule has 0 aromatic carbocycles. The number of carboxylic acids is 1. The first-order valence-electron chi connectivity index (χ1n) is 6.64. The Kier molecular flexibility index (Phi) is 6.23. The first-order chi connectivity index (χ1) is 9.45. The first kappa shape index (κ1) is 16.2. The molecule has 1 rings (SSSR count). The van der Waals surface area contributed by atoms with Crippen molar-refractivity contribution in [3.8, 4) is 0 Å². The Labute approximate surface area is 116 Å². The highest BCUT2D eigenvalue weighted by Gasteiger charge is 2.31. The summed E-state index contributed by atoms with van der Waals surface area (Å²) in [5, 5.41) is 20.1. The lowest BCUT2D eigenvalue weighted by atomic mass is 9.91. The summed E-state index contributed by atoms with van der Waals surface area (Å²) >= 11 is 0.